The van der Waals surface area contributed by atoms with Crippen LogP contribution in [0.4, 0.5) is 5.82 Å². The summed E-state index contributed by atoms with van der Waals surface area (Å²) in [4.78, 5) is 18.7. The quantitative estimate of drug-likeness (QED) is 0.901. The first-order valence-corrected chi connectivity index (χ1v) is 8.70. The van der Waals surface area contributed by atoms with E-state index in [4.69, 9.17) is 4.74 Å². The summed E-state index contributed by atoms with van der Waals surface area (Å²) in [5, 5.41) is 7.92. The smallest absolute Gasteiger partial charge is 0.225 e. The minimum Gasteiger partial charge on any atom is -0.378 e. The first kappa shape index (κ1) is 15.4. The summed E-state index contributed by atoms with van der Waals surface area (Å²) in [6, 6.07) is 4.13. The molecule has 0 bridgehead atoms. The highest BCUT2D eigenvalue weighted by molar-refractivity contribution is 5.80. The Morgan fingerprint density at radius 3 is 3.12 bits per heavy atom. The van der Waals surface area contributed by atoms with Crippen LogP contribution in [0.5, 0.6) is 0 Å². The third-order valence-corrected chi connectivity index (χ3v) is 4.95. The third kappa shape index (κ3) is 2.96. The molecule has 1 amide bonds. The highest BCUT2D eigenvalue weighted by Gasteiger charge is 2.39. The molecule has 2 fully saturated rings. The van der Waals surface area contributed by atoms with Crippen molar-refractivity contribution in [1.82, 2.24) is 19.5 Å². The van der Waals surface area contributed by atoms with Crippen molar-refractivity contribution >= 4 is 17.4 Å². The maximum Gasteiger partial charge on any atom is 0.225 e. The van der Waals surface area contributed by atoms with Crippen LogP contribution in [0.25, 0.3) is 5.65 Å². The van der Waals surface area contributed by atoms with Crippen molar-refractivity contribution in [2.24, 2.45) is 5.92 Å². The number of fused-ring (bicyclic) bond motifs is 1. The SMILES string of the molecule is CCOC1CC(C(=O)N2CCC(Nc3ccc4nccn4n3)C2)C1. The maximum atomic E-state index is 12.5. The van der Waals surface area contributed by atoms with Crippen LogP contribution in [0.15, 0.2) is 24.5 Å². The summed E-state index contributed by atoms with van der Waals surface area (Å²) in [5.41, 5.74) is 0.831. The van der Waals surface area contributed by atoms with Gasteiger partial charge in [0.1, 0.15) is 5.82 Å². The van der Waals surface area contributed by atoms with Crippen molar-refractivity contribution in [3.05, 3.63) is 24.5 Å². The number of anilines is 1. The Balaban J connectivity index is 1.30. The predicted octanol–water partition coefficient (Wildman–Crippen LogP) is 1.56. The number of nitrogens with one attached hydrogen (secondary N) is 1. The van der Waals surface area contributed by atoms with E-state index in [2.05, 4.69) is 15.4 Å². The van der Waals surface area contributed by atoms with Crippen LogP contribution in [-0.4, -0.2) is 57.2 Å². The van der Waals surface area contributed by atoms with Crippen molar-refractivity contribution in [3.63, 3.8) is 0 Å². The first-order chi connectivity index (χ1) is 11.7. The van der Waals surface area contributed by atoms with E-state index >= 15 is 0 Å². The average molecular weight is 329 g/mol. The Morgan fingerprint density at radius 1 is 1.42 bits per heavy atom. The average Bonchev–Trinajstić information content (AvgIpc) is 3.18. The van der Waals surface area contributed by atoms with Crippen LogP contribution in [0.2, 0.25) is 0 Å². The van der Waals surface area contributed by atoms with Crippen LogP contribution in [0.1, 0.15) is 26.2 Å². The second-order valence-corrected chi connectivity index (χ2v) is 6.61. The molecular weight excluding hydrogens is 306 g/mol. The summed E-state index contributed by atoms with van der Waals surface area (Å²) in [6.45, 7) is 4.30. The molecule has 7 heteroatoms. The fourth-order valence-corrected chi connectivity index (χ4v) is 3.58. The molecule has 24 heavy (non-hydrogen) atoms. The van der Waals surface area contributed by atoms with Gasteiger partial charge in [-0.3, -0.25) is 4.79 Å². The fourth-order valence-electron chi connectivity index (χ4n) is 3.58. The monoisotopic (exact) mass is 329 g/mol. The number of amides is 1. The standard InChI is InChI=1S/C17H23N5O2/c1-2-24-14-9-12(10-14)17(23)21-7-5-13(11-21)19-15-3-4-16-18-6-8-22(16)20-15/h3-4,6,8,12-14H,2,5,7,9-11H2,1H3,(H,19,20). The van der Waals surface area contributed by atoms with Gasteiger partial charge >= 0.3 is 0 Å². The number of nitrogens with zero attached hydrogens (tertiary/aromatic N) is 4. The molecule has 128 valence electrons. The number of aromatic nitrogens is 3. The molecule has 1 saturated carbocycles. The van der Waals surface area contributed by atoms with Crippen molar-refractivity contribution < 1.29 is 9.53 Å². The van der Waals surface area contributed by atoms with Gasteiger partial charge < -0.3 is 15.0 Å². The van der Waals surface area contributed by atoms with Crippen molar-refractivity contribution in [3.8, 4) is 0 Å². The molecule has 1 aliphatic carbocycles. The van der Waals surface area contributed by atoms with Crippen LogP contribution >= 0.6 is 0 Å². The van der Waals surface area contributed by atoms with Gasteiger partial charge in [0.15, 0.2) is 5.65 Å². The number of hydrogen-bond donors (Lipinski definition) is 1. The number of hydrogen-bond acceptors (Lipinski definition) is 5. The van der Waals surface area contributed by atoms with Crippen molar-refractivity contribution in [1.29, 1.82) is 0 Å². The van der Waals surface area contributed by atoms with E-state index in [0.29, 0.717) is 0 Å². The molecule has 1 unspecified atom stereocenters. The van der Waals surface area contributed by atoms with Gasteiger partial charge in [0.2, 0.25) is 5.91 Å². The molecule has 2 aliphatic rings. The zero-order valence-corrected chi connectivity index (χ0v) is 13.9. The highest BCUT2D eigenvalue weighted by atomic mass is 16.5. The summed E-state index contributed by atoms with van der Waals surface area (Å²) in [5.74, 6) is 1.26. The zero-order valence-electron chi connectivity index (χ0n) is 13.9. The summed E-state index contributed by atoms with van der Waals surface area (Å²) < 4.78 is 7.30. The van der Waals surface area contributed by atoms with E-state index in [1.54, 1.807) is 10.7 Å². The van der Waals surface area contributed by atoms with E-state index in [0.717, 1.165) is 50.4 Å². The largest absolute Gasteiger partial charge is 0.378 e. The second-order valence-electron chi connectivity index (χ2n) is 6.61. The third-order valence-electron chi connectivity index (χ3n) is 4.95. The number of rotatable bonds is 5. The number of ether oxygens (including phenoxy) is 1. The van der Waals surface area contributed by atoms with Crippen molar-refractivity contribution in [2.75, 3.05) is 25.0 Å². The molecule has 2 aromatic rings. The minimum absolute atomic E-state index is 0.153. The second kappa shape index (κ2) is 6.39. The van der Waals surface area contributed by atoms with Crippen molar-refractivity contribution in [2.45, 2.75) is 38.3 Å². The van der Waals surface area contributed by atoms with E-state index < -0.39 is 0 Å². The van der Waals surface area contributed by atoms with E-state index in [-0.39, 0.29) is 24.0 Å². The molecule has 3 heterocycles. The Labute approximate surface area is 141 Å². The Hall–Kier alpha value is -2.15. The first-order valence-electron chi connectivity index (χ1n) is 8.70. The van der Waals surface area contributed by atoms with Crippen LogP contribution in [0, 0.1) is 5.92 Å². The normalized spacial score (nSPS) is 26.5. The van der Waals surface area contributed by atoms with Gasteiger partial charge in [-0.15, -0.1) is 5.10 Å². The number of carbonyl (C=O) groups excluding carboxylic acids is 1. The molecule has 4 rings (SSSR count). The molecule has 1 saturated heterocycles. The summed E-state index contributed by atoms with van der Waals surface area (Å²) >= 11 is 0. The van der Waals surface area contributed by atoms with Gasteiger partial charge in [-0.05, 0) is 38.3 Å². The lowest BCUT2D eigenvalue weighted by Gasteiger charge is -2.36. The van der Waals surface area contributed by atoms with E-state index in [9.17, 15) is 4.79 Å². The Kier molecular flexibility index (Phi) is 4.10. The Bertz CT molecular complexity index is 725. The summed E-state index contributed by atoms with van der Waals surface area (Å²) in [6.07, 6.45) is 6.55. The molecule has 0 spiro atoms. The van der Waals surface area contributed by atoms with Gasteiger partial charge in [-0.25, -0.2) is 9.50 Å². The lowest BCUT2D eigenvalue weighted by atomic mass is 9.81. The lowest BCUT2D eigenvalue weighted by molar-refractivity contribution is -0.143. The van der Waals surface area contributed by atoms with E-state index in [1.165, 1.54) is 0 Å². The molecule has 2 aromatic heterocycles. The fraction of sp³-hybridized carbons (Fsp3) is 0.588. The summed E-state index contributed by atoms with van der Waals surface area (Å²) in [7, 11) is 0. The molecule has 0 radical (unpaired) electrons. The van der Waals surface area contributed by atoms with Gasteiger partial charge in [0, 0.05) is 44.0 Å². The molecule has 1 aliphatic heterocycles. The highest BCUT2D eigenvalue weighted by Crippen LogP contribution is 2.32. The molecule has 1 atom stereocenters. The van der Waals surface area contributed by atoms with Gasteiger partial charge in [-0.2, -0.15) is 0 Å². The molecule has 7 nitrogen and oxygen atoms in total. The van der Waals surface area contributed by atoms with Gasteiger partial charge in [0.25, 0.3) is 0 Å². The number of carbonyl (C=O) groups is 1. The number of likely N-dealkylation sites (tertiary alicyclic amines) is 1. The Morgan fingerprint density at radius 2 is 2.29 bits per heavy atom. The van der Waals surface area contributed by atoms with Gasteiger partial charge in [0.05, 0.1) is 6.10 Å². The minimum atomic E-state index is 0.153. The molecule has 0 aromatic carbocycles. The van der Waals surface area contributed by atoms with Crippen LogP contribution < -0.4 is 5.32 Å². The lowest BCUT2D eigenvalue weighted by Crippen LogP contribution is -2.44. The molecular formula is C17H23N5O2. The predicted molar refractivity (Wildman–Crippen MR) is 89.7 cm³/mol. The topological polar surface area (TPSA) is 71.8 Å². The van der Waals surface area contributed by atoms with E-state index in [1.807, 2.05) is 30.2 Å². The maximum absolute atomic E-state index is 12.5. The molecule has 1 N–H and O–H groups in total. The van der Waals surface area contributed by atoms with Gasteiger partial charge in [-0.1, -0.05) is 0 Å². The zero-order chi connectivity index (χ0) is 16.5. The van der Waals surface area contributed by atoms with Crippen LogP contribution in [0.3, 0.4) is 0 Å². The van der Waals surface area contributed by atoms with Crippen LogP contribution in [-0.2, 0) is 9.53 Å². The number of imidazole rings is 1.